The number of pyridine rings is 2. The Morgan fingerprint density at radius 2 is 1.94 bits per heavy atom. The fourth-order valence-electron chi connectivity index (χ4n) is 4.49. The third-order valence-electron chi connectivity index (χ3n) is 6.64. The minimum atomic E-state index is -0.379. The summed E-state index contributed by atoms with van der Waals surface area (Å²) in [6.45, 7) is 3.44. The minimum Gasteiger partial charge on any atom is -0.383 e. The van der Waals surface area contributed by atoms with Crippen molar-refractivity contribution in [1.29, 1.82) is 5.26 Å². The highest BCUT2D eigenvalue weighted by Crippen LogP contribution is 2.44. The molecule has 0 amide bonds. The van der Waals surface area contributed by atoms with Gasteiger partial charge in [-0.25, -0.2) is 9.37 Å². The second kappa shape index (κ2) is 10.4. The number of ether oxygens (including phenoxy) is 1. The first-order chi connectivity index (χ1) is 16.0. The van der Waals surface area contributed by atoms with Crippen molar-refractivity contribution in [2.75, 3.05) is 30.9 Å². The maximum absolute atomic E-state index is 14.6. The van der Waals surface area contributed by atoms with Crippen LogP contribution in [0.4, 0.5) is 15.9 Å². The van der Waals surface area contributed by atoms with Gasteiger partial charge in [-0.15, -0.1) is 0 Å². The molecule has 7 nitrogen and oxygen atoms in total. The predicted molar refractivity (Wildman–Crippen MR) is 127 cm³/mol. The molecule has 0 spiro atoms. The third kappa shape index (κ3) is 6.18. The highest BCUT2D eigenvalue weighted by atomic mass is 19.1. The lowest BCUT2D eigenvalue weighted by Crippen LogP contribution is -2.42. The Kier molecular flexibility index (Phi) is 7.41. The molecule has 0 aliphatic heterocycles. The molecule has 2 heterocycles. The van der Waals surface area contributed by atoms with Crippen LogP contribution < -0.4 is 16.0 Å². The molecule has 0 aromatic carbocycles. The van der Waals surface area contributed by atoms with Crippen LogP contribution in [0, 0.1) is 22.6 Å². The van der Waals surface area contributed by atoms with Crippen LogP contribution in [0.25, 0.3) is 11.1 Å². The smallest absolute Gasteiger partial charge is 0.149 e. The first-order valence-corrected chi connectivity index (χ1v) is 11.8. The topological polar surface area (TPSA) is 94.9 Å². The maximum Gasteiger partial charge on any atom is 0.149 e. The zero-order valence-corrected chi connectivity index (χ0v) is 19.4. The van der Waals surface area contributed by atoms with Crippen molar-refractivity contribution in [3.63, 3.8) is 0 Å². The number of halogens is 1. The molecule has 3 N–H and O–H groups in total. The molecule has 2 aliphatic carbocycles. The van der Waals surface area contributed by atoms with E-state index in [1.165, 1.54) is 6.20 Å². The molecule has 2 saturated carbocycles. The molecule has 8 heteroatoms. The molecule has 2 aromatic rings. The van der Waals surface area contributed by atoms with Crippen molar-refractivity contribution in [2.24, 2.45) is 5.41 Å². The van der Waals surface area contributed by atoms with Crippen molar-refractivity contribution < 1.29 is 9.13 Å². The molecule has 0 unspecified atom stereocenters. The molecule has 4 rings (SSSR count). The van der Waals surface area contributed by atoms with Gasteiger partial charge >= 0.3 is 0 Å². The van der Waals surface area contributed by atoms with Crippen LogP contribution in [0.2, 0.25) is 0 Å². The van der Waals surface area contributed by atoms with E-state index >= 15 is 0 Å². The molecule has 2 aliphatic rings. The van der Waals surface area contributed by atoms with E-state index in [1.54, 1.807) is 25.6 Å². The zero-order chi connectivity index (χ0) is 23.3. The summed E-state index contributed by atoms with van der Waals surface area (Å²) >= 11 is 0. The van der Waals surface area contributed by atoms with E-state index in [-0.39, 0.29) is 11.2 Å². The summed E-state index contributed by atoms with van der Waals surface area (Å²) in [5, 5.41) is 19.7. The lowest BCUT2D eigenvalue weighted by atomic mass is 9.90. The Labute approximate surface area is 195 Å². The van der Waals surface area contributed by atoms with Gasteiger partial charge in [0.25, 0.3) is 0 Å². The van der Waals surface area contributed by atoms with E-state index in [9.17, 15) is 9.65 Å². The summed E-state index contributed by atoms with van der Waals surface area (Å²) in [4.78, 5) is 8.54. The number of nitrogens with one attached hydrogen (secondary N) is 3. The molecule has 176 valence electrons. The van der Waals surface area contributed by atoms with Crippen molar-refractivity contribution in [3.05, 3.63) is 36.5 Å². The van der Waals surface area contributed by atoms with Crippen molar-refractivity contribution >= 4 is 11.5 Å². The summed E-state index contributed by atoms with van der Waals surface area (Å²) in [7, 11) is 1.73. The molecule has 0 bridgehead atoms. The van der Waals surface area contributed by atoms with Crippen LogP contribution in [0.1, 0.15) is 45.4 Å². The summed E-state index contributed by atoms with van der Waals surface area (Å²) in [5.74, 6) is 0.297. The van der Waals surface area contributed by atoms with E-state index < -0.39 is 0 Å². The van der Waals surface area contributed by atoms with Crippen LogP contribution in [0.5, 0.6) is 0 Å². The van der Waals surface area contributed by atoms with Gasteiger partial charge in [0.15, 0.2) is 0 Å². The second-order valence-corrected chi connectivity index (χ2v) is 9.47. The number of nitrogens with zero attached hydrogens (tertiary/aromatic N) is 3. The standard InChI is InChI=1S/C25H33FN6O/c1-17(14-33-2)31-19-3-5-20(6-4-19)32-24-10-22(23(26)13-29-24)18-9-21(12-28-11-18)30-16-25(15-27)7-8-25/h9-13,17,19-20,30-31H,3-8,14,16H2,1-2H3,(H,29,32)/t17-,19-,20-/m0/s1. The predicted octanol–water partition coefficient (Wildman–Crippen LogP) is 4.35. The van der Waals surface area contributed by atoms with Gasteiger partial charge < -0.3 is 20.7 Å². The van der Waals surface area contributed by atoms with Gasteiger partial charge in [-0.2, -0.15) is 5.26 Å². The Bertz CT molecular complexity index is 981. The minimum absolute atomic E-state index is 0.259. The van der Waals surface area contributed by atoms with Crippen LogP contribution >= 0.6 is 0 Å². The molecular weight excluding hydrogens is 419 g/mol. The fraction of sp³-hybridized carbons (Fsp3) is 0.560. The SMILES string of the molecule is COC[C@H](C)N[C@H]1CC[C@H](Nc2cc(-c3cncc(NCC4(C#N)CC4)c3)c(F)cn2)CC1. The van der Waals surface area contributed by atoms with Crippen molar-refractivity contribution in [3.8, 4) is 17.2 Å². The number of anilines is 2. The average molecular weight is 453 g/mol. The normalized spacial score (nSPS) is 22.2. The van der Waals surface area contributed by atoms with Gasteiger partial charge in [-0.3, -0.25) is 4.98 Å². The Hall–Kier alpha value is -2.76. The van der Waals surface area contributed by atoms with Gasteiger partial charge in [0, 0.05) is 55.3 Å². The highest BCUT2D eigenvalue weighted by Gasteiger charge is 2.42. The van der Waals surface area contributed by atoms with Crippen molar-refractivity contribution in [2.45, 2.75) is 63.6 Å². The highest BCUT2D eigenvalue weighted by molar-refractivity contribution is 5.69. The van der Waals surface area contributed by atoms with Crippen LogP contribution in [-0.4, -0.2) is 48.4 Å². The number of rotatable bonds is 10. The zero-order valence-electron chi connectivity index (χ0n) is 19.4. The van der Waals surface area contributed by atoms with Gasteiger partial charge in [0.05, 0.1) is 30.0 Å². The van der Waals surface area contributed by atoms with Crippen LogP contribution in [0.3, 0.4) is 0 Å². The number of nitriles is 1. The molecule has 33 heavy (non-hydrogen) atoms. The van der Waals surface area contributed by atoms with Crippen LogP contribution in [-0.2, 0) is 4.74 Å². The fourth-order valence-corrected chi connectivity index (χ4v) is 4.49. The monoisotopic (exact) mass is 452 g/mol. The number of methoxy groups -OCH3 is 1. The quantitative estimate of drug-likeness (QED) is 0.493. The molecule has 2 fully saturated rings. The lowest BCUT2D eigenvalue weighted by molar-refractivity contribution is 0.161. The largest absolute Gasteiger partial charge is 0.383 e. The van der Waals surface area contributed by atoms with Crippen molar-refractivity contribution in [1.82, 2.24) is 15.3 Å². The molecular formula is C25H33FN6O. The lowest BCUT2D eigenvalue weighted by Gasteiger charge is -2.31. The van der Waals surface area contributed by atoms with E-state index in [2.05, 4.69) is 38.9 Å². The van der Waals surface area contributed by atoms with E-state index in [4.69, 9.17) is 4.74 Å². The molecule has 0 saturated heterocycles. The van der Waals surface area contributed by atoms with Gasteiger partial charge in [-0.05, 0) is 57.6 Å². The van der Waals surface area contributed by atoms with E-state index in [1.807, 2.05) is 6.07 Å². The molecule has 0 radical (unpaired) electrons. The summed E-state index contributed by atoms with van der Waals surface area (Å²) in [6.07, 6.45) is 10.7. The van der Waals surface area contributed by atoms with Gasteiger partial charge in [0.1, 0.15) is 11.6 Å². The second-order valence-electron chi connectivity index (χ2n) is 9.47. The number of hydrogen-bond donors (Lipinski definition) is 3. The van der Waals surface area contributed by atoms with E-state index in [0.717, 1.165) is 44.2 Å². The summed E-state index contributed by atoms with van der Waals surface area (Å²) < 4.78 is 19.9. The Morgan fingerprint density at radius 1 is 1.18 bits per heavy atom. The first-order valence-electron chi connectivity index (χ1n) is 11.8. The molecule has 2 aromatic heterocycles. The summed E-state index contributed by atoms with van der Waals surface area (Å²) in [6, 6.07) is 7.18. The van der Waals surface area contributed by atoms with Gasteiger partial charge in [0.2, 0.25) is 0 Å². The van der Waals surface area contributed by atoms with Gasteiger partial charge in [-0.1, -0.05) is 0 Å². The first kappa shape index (κ1) is 23.4. The Balaban J connectivity index is 1.37. The summed E-state index contributed by atoms with van der Waals surface area (Å²) in [5.41, 5.74) is 1.68. The number of hydrogen-bond acceptors (Lipinski definition) is 7. The number of aromatic nitrogens is 2. The van der Waals surface area contributed by atoms with E-state index in [0.29, 0.717) is 48.2 Å². The maximum atomic E-state index is 14.6. The Morgan fingerprint density at radius 3 is 2.64 bits per heavy atom. The third-order valence-corrected chi connectivity index (χ3v) is 6.64. The molecule has 1 atom stereocenters. The average Bonchev–Trinajstić information content (AvgIpc) is 3.61. The van der Waals surface area contributed by atoms with Crippen LogP contribution in [0.15, 0.2) is 30.7 Å².